The SMILES string of the molecule is C=C[C@@](C)(/C=C/c1ccc(OCCCCNCCSC)cc1)CCC=C(C)C. The summed E-state index contributed by atoms with van der Waals surface area (Å²) in [5.74, 6) is 2.13. The normalized spacial score (nSPS) is 13.3. The topological polar surface area (TPSA) is 21.3 Å². The van der Waals surface area contributed by atoms with Crippen molar-refractivity contribution in [3.05, 3.63) is 60.2 Å². The van der Waals surface area contributed by atoms with Crippen LogP contribution in [0.3, 0.4) is 0 Å². The third-order valence-corrected chi connectivity index (χ3v) is 5.35. The van der Waals surface area contributed by atoms with Gasteiger partial charge in [0.25, 0.3) is 0 Å². The van der Waals surface area contributed by atoms with E-state index in [1.54, 1.807) is 0 Å². The van der Waals surface area contributed by atoms with E-state index in [2.05, 4.69) is 87.5 Å². The van der Waals surface area contributed by atoms with Crippen molar-refractivity contribution in [2.45, 2.75) is 46.5 Å². The number of rotatable bonds is 15. The van der Waals surface area contributed by atoms with Gasteiger partial charge in [0.2, 0.25) is 0 Å². The van der Waals surface area contributed by atoms with Gasteiger partial charge in [0.15, 0.2) is 0 Å². The summed E-state index contributed by atoms with van der Waals surface area (Å²) in [6.07, 6.45) is 15.3. The predicted molar refractivity (Wildman–Crippen MR) is 128 cm³/mol. The fourth-order valence-electron chi connectivity index (χ4n) is 2.73. The number of hydrogen-bond acceptors (Lipinski definition) is 3. The van der Waals surface area contributed by atoms with E-state index in [0.717, 1.165) is 51.1 Å². The van der Waals surface area contributed by atoms with Gasteiger partial charge in [0.1, 0.15) is 5.75 Å². The van der Waals surface area contributed by atoms with Crippen LogP contribution < -0.4 is 10.1 Å². The van der Waals surface area contributed by atoms with E-state index in [4.69, 9.17) is 4.74 Å². The van der Waals surface area contributed by atoms with Crippen molar-refractivity contribution >= 4 is 17.8 Å². The van der Waals surface area contributed by atoms with Gasteiger partial charge in [-0.05, 0) is 70.0 Å². The minimum atomic E-state index is 0.0188. The van der Waals surface area contributed by atoms with Crippen LogP contribution >= 0.6 is 11.8 Å². The Balaban J connectivity index is 2.37. The van der Waals surface area contributed by atoms with E-state index in [-0.39, 0.29) is 5.41 Å². The van der Waals surface area contributed by atoms with Gasteiger partial charge in [-0.25, -0.2) is 0 Å². The number of nitrogens with one attached hydrogen (secondary N) is 1. The highest BCUT2D eigenvalue weighted by Gasteiger charge is 2.14. The molecule has 156 valence electrons. The van der Waals surface area contributed by atoms with Crippen LogP contribution in [0.4, 0.5) is 0 Å². The summed E-state index contributed by atoms with van der Waals surface area (Å²) in [5.41, 5.74) is 2.59. The molecule has 0 aromatic heterocycles. The average molecular weight is 402 g/mol. The van der Waals surface area contributed by atoms with Crippen molar-refractivity contribution in [3.63, 3.8) is 0 Å². The molecule has 1 N–H and O–H groups in total. The maximum atomic E-state index is 5.85. The molecule has 28 heavy (non-hydrogen) atoms. The summed E-state index contributed by atoms with van der Waals surface area (Å²) >= 11 is 1.88. The van der Waals surface area contributed by atoms with Crippen LogP contribution in [-0.2, 0) is 0 Å². The molecule has 0 aliphatic carbocycles. The molecule has 3 heteroatoms. The Morgan fingerprint density at radius 1 is 1.18 bits per heavy atom. The first kappa shape index (κ1) is 24.6. The number of hydrogen-bond donors (Lipinski definition) is 1. The summed E-state index contributed by atoms with van der Waals surface area (Å²) in [4.78, 5) is 0. The van der Waals surface area contributed by atoms with Crippen molar-refractivity contribution in [3.8, 4) is 5.75 Å². The molecule has 0 saturated carbocycles. The molecule has 1 aromatic carbocycles. The van der Waals surface area contributed by atoms with Crippen LogP contribution in [0, 0.1) is 5.41 Å². The van der Waals surface area contributed by atoms with Crippen LogP contribution in [0.2, 0.25) is 0 Å². The standard InChI is InChI=1S/C25H39NOS/c1-6-25(4,16-9-10-22(2)3)17-15-23-11-13-24(14-12-23)27-20-8-7-18-26-19-21-28-5/h6,10-15,17,26H,1,7-9,16,18-21H2,2-5H3/b17-15+/t25-/m1/s1. The Morgan fingerprint density at radius 3 is 2.57 bits per heavy atom. The van der Waals surface area contributed by atoms with E-state index in [0.29, 0.717) is 0 Å². The predicted octanol–water partition coefficient (Wildman–Crippen LogP) is 6.75. The van der Waals surface area contributed by atoms with Gasteiger partial charge in [-0.15, -0.1) is 6.58 Å². The molecular formula is C25H39NOS. The molecular weight excluding hydrogens is 362 g/mol. The Kier molecular flexibility index (Phi) is 12.8. The summed E-state index contributed by atoms with van der Waals surface area (Å²) in [6, 6.07) is 8.36. The second kappa shape index (κ2) is 14.5. The molecule has 0 bridgehead atoms. The molecule has 1 aromatic rings. The molecule has 1 atom stereocenters. The van der Waals surface area contributed by atoms with Gasteiger partial charge in [-0.1, -0.05) is 48.9 Å². The second-order valence-electron chi connectivity index (χ2n) is 7.73. The summed E-state index contributed by atoms with van der Waals surface area (Å²) < 4.78 is 5.85. The maximum absolute atomic E-state index is 5.85. The molecule has 0 spiro atoms. The van der Waals surface area contributed by atoms with Crippen LogP contribution in [-0.4, -0.2) is 31.7 Å². The first-order valence-electron chi connectivity index (χ1n) is 10.4. The molecule has 0 aliphatic heterocycles. The number of ether oxygens (including phenoxy) is 1. The van der Waals surface area contributed by atoms with Gasteiger partial charge in [0, 0.05) is 17.7 Å². The third kappa shape index (κ3) is 11.4. The highest BCUT2D eigenvalue weighted by atomic mass is 32.2. The largest absolute Gasteiger partial charge is 0.494 e. The molecule has 0 amide bonds. The summed E-state index contributed by atoms with van der Waals surface area (Å²) in [6.45, 7) is 13.5. The fourth-order valence-corrected chi connectivity index (χ4v) is 3.08. The molecule has 0 unspecified atom stereocenters. The number of thioether (sulfide) groups is 1. The lowest BCUT2D eigenvalue weighted by Gasteiger charge is -2.20. The van der Waals surface area contributed by atoms with Crippen molar-refractivity contribution in [1.82, 2.24) is 5.32 Å². The van der Waals surface area contributed by atoms with Crippen molar-refractivity contribution in [1.29, 1.82) is 0 Å². The van der Waals surface area contributed by atoms with Crippen molar-refractivity contribution in [2.75, 3.05) is 31.7 Å². The zero-order valence-electron chi connectivity index (χ0n) is 18.3. The third-order valence-electron chi connectivity index (χ3n) is 4.74. The Hall–Kier alpha value is -1.45. The van der Waals surface area contributed by atoms with E-state index in [1.807, 2.05) is 11.8 Å². The van der Waals surface area contributed by atoms with Crippen LogP contribution in [0.1, 0.15) is 52.0 Å². The van der Waals surface area contributed by atoms with Gasteiger partial charge in [0.05, 0.1) is 6.61 Å². The van der Waals surface area contributed by atoms with Gasteiger partial charge >= 0.3 is 0 Å². The molecule has 1 rings (SSSR count). The first-order chi connectivity index (χ1) is 13.5. The van der Waals surface area contributed by atoms with E-state index in [9.17, 15) is 0 Å². The molecule has 0 radical (unpaired) electrons. The van der Waals surface area contributed by atoms with Crippen LogP contribution in [0.5, 0.6) is 5.75 Å². The van der Waals surface area contributed by atoms with Crippen molar-refractivity contribution < 1.29 is 4.74 Å². The second-order valence-corrected chi connectivity index (χ2v) is 8.72. The van der Waals surface area contributed by atoms with E-state index >= 15 is 0 Å². The van der Waals surface area contributed by atoms with E-state index < -0.39 is 0 Å². The quantitative estimate of drug-likeness (QED) is 0.259. The van der Waals surface area contributed by atoms with Crippen LogP contribution in [0.15, 0.2) is 54.6 Å². The Morgan fingerprint density at radius 2 is 1.93 bits per heavy atom. The fraction of sp³-hybridized carbons (Fsp3) is 0.520. The number of unbranched alkanes of at least 4 members (excludes halogenated alkanes) is 1. The monoisotopic (exact) mass is 401 g/mol. The van der Waals surface area contributed by atoms with Gasteiger partial charge in [-0.3, -0.25) is 0 Å². The Bertz CT molecular complexity index is 601. The lowest BCUT2D eigenvalue weighted by Crippen LogP contribution is -2.18. The lowest BCUT2D eigenvalue weighted by atomic mass is 9.84. The highest BCUT2D eigenvalue weighted by Crippen LogP contribution is 2.28. The molecule has 0 fully saturated rings. The summed E-state index contributed by atoms with van der Waals surface area (Å²) in [5, 5.41) is 3.45. The van der Waals surface area contributed by atoms with Crippen molar-refractivity contribution in [2.24, 2.45) is 5.41 Å². The first-order valence-corrected chi connectivity index (χ1v) is 11.8. The molecule has 2 nitrogen and oxygen atoms in total. The molecule has 0 heterocycles. The summed E-state index contributed by atoms with van der Waals surface area (Å²) in [7, 11) is 0. The zero-order chi connectivity index (χ0) is 20.7. The smallest absolute Gasteiger partial charge is 0.119 e. The molecule has 0 aliphatic rings. The number of allylic oxidation sites excluding steroid dienone is 4. The van der Waals surface area contributed by atoms with Crippen LogP contribution in [0.25, 0.3) is 6.08 Å². The Labute approximate surface area is 177 Å². The highest BCUT2D eigenvalue weighted by molar-refractivity contribution is 7.98. The molecule has 0 saturated heterocycles. The van der Waals surface area contributed by atoms with E-state index in [1.165, 1.54) is 16.9 Å². The lowest BCUT2D eigenvalue weighted by molar-refractivity contribution is 0.306. The average Bonchev–Trinajstić information content (AvgIpc) is 2.69. The van der Waals surface area contributed by atoms with Gasteiger partial charge in [-0.2, -0.15) is 11.8 Å². The minimum Gasteiger partial charge on any atom is -0.494 e. The maximum Gasteiger partial charge on any atom is 0.119 e. The van der Waals surface area contributed by atoms with Gasteiger partial charge < -0.3 is 10.1 Å². The zero-order valence-corrected chi connectivity index (χ0v) is 19.1. The minimum absolute atomic E-state index is 0.0188. The number of benzene rings is 1.